The Morgan fingerprint density at radius 3 is 2.69 bits per heavy atom. The first-order valence-electron chi connectivity index (χ1n) is 8.35. The Morgan fingerprint density at radius 1 is 1.08 bits per heavy atom. The second-order valence-electron chi connectivity index (χ2n) is 5.95. The number of carbonyl (C=O) groups is 1. The molecule has 0 saturated carbocycles. The van der Waals surface area contributed by atoms with Crippen molar-refractivity contribution in [3.63, 3.8) is 0 Å². The molecule has 0 aliphatic carbocycles. The Labute approximate surface area is 149 Å². The number of hydrogen-bond donors (Lipinski definition) is 0. The predicted molar refractivity (Wildman–Crippen MR) is 101 cm³/mol. The normalized spacial score (nSPS) is 11.0. The molecule has 0 spiro atoms. The number of aromatic nitrogens is 2. The Morgan fingerprint density at radius 2 is 1.88 bits per heavy atom. The van der Waals surface area contributed by atoms with Crippen LogP contribution in [0.4, 0.5) is 0 Å². The van der Waals surface area contributed by atoms with Crippen LogP contribution in [0.1, 0.15) is 17.3 Å². The number of aryl methyl sites for hydroxylation is 1. The molecular weight excluding hydrogens is 328 g/mol. The topological polar surface area (TPSA) is 61.2 Å². The molecule has 4 aromatic rings. The van der Waals surface area contributed by atoms with Crippen molar-refractivity contribution in [3.05, 3.63) is 83.0 Å². The van der Waals surface area contributed by atoms with Crippen molar-refractivity contribution in [1.82, 2.24) is 9.55 Å². The van der Waals surface area contributed by atoms with Gasteiger partial charge in [-0.3, -0.25) is 9.78 Å². The van der Waals surface area contributed by atoms with Crippen molar-refractivity contribution in [2.45, 2.75) is 13.5 Å². The van der Waals surface area contributed by atoms with Crippen LogP contribution in [0, 0.1) is 0 Å². The number of hydrogen-bond acceptors (Lipinski definition) is 4. The van der Waals surface area contributed by atoms with Gasteiger partial charge in [0.25, 0.3) is 5.56 Å². The van der Waals surface area contributed by atoms with Gasteiger partial charge in [0.2, 0.25) is 0 Å². The van der Waals surface area contributed by atoms with Crippen molar-refractivity contribution in [3.8, 4) is 5.75 Å². The smallest absolute Gasteiger partial charge is 0.345 e. The number of benzene rings is 2. The molecule has 0 aliphatic rings. The number of carbonyl (C=O) groups excluding carboxylic acids is 1. The molecule has 5 heteroatoms. The summed E-state index contributed by atoms with van der Waals surface area (Å²) in [6, 6.07) is 14.3. The van der Waals surface area contributed by atoms with Crippen LogP contribution >= 0.6 is 0 Å². The fraction of sp³-hybridized carbons (Fsp3) is 0.0952. The third kappa shape index (κ3) is 2.73. The number of esters is 1. The molecule has 5 nitrogen and oxygen atoms in total. The summed E-state index contributed by atoms with van der Waals surface area (Å²) in [4.78, 5) is 29.3. The zero-order valence-corrected chi connectivity index (χ0v) is 14.2. The molecule has 0 aliphatic heterocycles. The van der Waals surface area contributed by atoms with E-state index in [-0.39, 0.29) is 5.56 Å². The van der Waals surface area contributed by atoms with Crippen molar-refractivity contribution in [2.75, 3.05) is 0 Å². The van der Waals surface area contributed by atoms with Crippen LogP contribution in [0.15, 0.2) is 71.9 Å². The summed E-state index contributed by atoms with van der Waals surface area (Å²) in [5, 5.41) is 3.01. The van der Waals surface area contributed by atoms with Gasteiger partial charge in [0, 0.05) is 41.3 Å². The van der Waals surface area contributed by atoms with Crippen LogP contribution in [0.5, 0.6) is 5.75 Å². The Balaban J connectivity index is 1.78. The largest absolute Gasteiger partial charge is 0.423 e. The summed E-state index contributed by atoms with van der Waals surface area (Å²) >= 11 is 0. The van der Waals surface area contributed by atoms with Crippen LogP contribution in [0.3, 0.4) is 0 Å². The molecule has 2 heterocycles. The van der Waals surface area contributed by atoms with Crippen LogP contribution in [0.2, 0.25) is 0 Å². The Kier molecular flexibility index (Phi) is 3.97. The monoisotopic (exact) mass is 344 g/mol. The number of ether oxygens (including phenoxy) is 1. The molecule has 4 rings (SSSR count). The van der Waals surface area contributed by atoms with E-state index in [9.17, 15) is 9.59 Å². The summed E-state index contributed by atoms with van der Waals surface area (Å²) in [5.74, 6) is -0.0381. The van der Waals surface area contributed by atoms with E-state index in [1.54, 1.807) is 55.0 Å². The van der Waals surface area contributed by atoms with E-state index in [1.807, 2.05) is 19.1 Å². The Bertz CT molecular complexity index is 1190. The van der Waals surface area contributed by atoms with Crippen LogP contribution < -0.4 is 10.3 Å². The average molecular weight is 344 g/mol. The highest BCUT2D eigenvalue weighted by molar-refractivity contribution is 6.04. The second-order valence-corrected chi connectivity index (χ2v) is 5.95. The number of nitrogens with zero attached hydrogens (tertiary/aromatic N) is 2. The highest BCUT2D eigenvalue weighted by atomic mass is 16.5. The van der Waals surface area contributed by atoms with Gasteiger partial charge >= 0.3 is 5.97 Å². The van der Waals surface area contributed by atoms with Gasteiger partial charge in [-0.1, -0.05) is 18.2 Å². The van der Waals surface area contributed by atoms with Gasteiger partial charge in [-0.2, -0.15) is 0 Å². The standard InChI is InChI=1S/C21H16N2O3/c1-2-23-13-19(17-5-3-4-6-18(17)20(23)24)21(25)26-16-8-7-15-12-22-10-9-14(15)11-16/h3-13H,2H2,1H3. The molecule has 0 amide bonds. The zero-order chi connectivity index (χ0) is 18.1. The highest BCUT2D eigenvalue weighted by Crippen LogP contribution is 2.22. The molecule has 26 heavy (non-hydrogen) atoms. The first kappa shape index (κ1) is 16.0. The molecule has 128 valence electrons. The van der Waals surface area contributed by atoms with Gasteiger partial charge in [0.1, 0.15) is 5.75 Å². The van der Waals surface area contributed by atoms with E-state index in [0.29, 0.717) is 28.6 Å². The van der Waals surface area contributed by atoms with Gasteiger partial charge in [-0.05, 0) is 42.6 Å². The molecule has 0 atom stereocenters. The van der Waals surface area contributed by atoms with Gasteiger partial charge in [-0.25, -0.2) is 4.79 Å². The van der Waals surface area contributed by atoms with E-state index in [2.05, 4.69) is 4.98 Å². The van der Waals surface area contributed by atoms with Crippen molar-refractivity contribution < 1.29 is 9.53 Å². The molecule has 2 aromatic carbocycles. The number of pyridine rings is 2. The number of rotatable bonds is 3. The minimum Gasteiger partial charge on any atom is -0.423 e. The van der Waals surface area contributed by atoms with E-state index in [1.165, 1.54) is 4.57 Å². The Hall–Kier alpha value is -3.47. The van der Waals surface area contributed by atoms with E-state index in [0.717, 1.165) is 10.8 Å². The minimum absolute atomic E-state index is 0.113. The zero-order valence-electron chi connectivity index (χ0n) is 14.2. The maximum Gasteiger partial charge on any atom is 0.345 e. The lowest BCUT2D eigenvalue weighted by molar-refractivity contribution is 0.0736. The molecule has 0 N–H and O–H groups in total. The van der Waals surface area contributed by atoms with Crippen LogP contribution in [0.25, 0.3) is 21.5 Å². The fourth-order valence-electron chi connectivity index (χ4n) is 3.03. The molecule has 0 unspecified atom stereocenters. The summed E-state index contributed by atoms with van der Waals surface area (Å²) in [6.07, 6.45) is 5.02. The molecular formula is C21H16N2O3. The van der Waals surface area contributed by atoms with Gasteiger partial charge in [-0.15, -0.1) is 0 Å². The third-order valence-electron chi connectivity index (χ3n) is 4.38. The quantitative estimate of drug-likeness (QED) is 0.419. The van der Waals surface area contributed by atoms with Crippen molar-refractivity contribution in [1.29, 1.82) is 0 Å². The highest BCUT2D eigenvalue weighted by Gasteiger charge is 2.16. The van der Waals surface area contributed by atoms with Crippen LogP contribution in [-0.4, -0.2) is 15.5 Å². The molecule has 0 radical (unpaired) electrons. The summed E-state index contributed by atoms with van der Waals surface area (Å²) < 4.78 is 7.10. The molecule has 0 saturated heterocycles. The summed E-state index contributed by atoms with van der Waals surface area (Å²) in [5.41, 5.74) is 0.259. The van der Waals surface area contributed by atoms with Crippen molar-refractivity contribution in [2.24, 2.45) is 0 Å². The lowest BCUT2D eigenvalue weighted by atomic mass is 10.1. The maximum atomic E-state index is 12.8. The SMILES string of the molecule is CCn1cc(C(=O)Oc2ccc3cnccc3c2)c2ccccc2c1=O. The van der Waals surface area contributed by atoms with Gasteiger partial charge in [0.15, 0.2) is 0 Å². The van der Waals surface area contributed by atoms with E-state index in [4.69, 9.17) is 4.74 Å². The fourth-order valence-corrected chi connectivity index (χ4v) is 3.03. The first-order valence-corrected chi connectivity index (χ1v) is 8.35. The van der Waals surface area contributed by atoms with Gasteiger partial charge < -0.3 is 9.30 Å². The minimum atomic E-state index is -0.489. The van der Waals surface area contributed by atoms with Crippen molar-refractivity contribution >= 4 is 27.5 Å². The summed E-state index contributed by atoms with van der Waals surface area (Å²) in [6.45, 7) is 2.34. The van der Waals surface area contributed by atoms with Crippen LogP contribution in [-0.2, 0) is 6.54 Å². The lowest BCUT2D eigenvalue weighted by Gasteiger charge is -2.11. The molecule has 2 aromatic heterocycles. The maximum absolute atomic E-state index is 12.8. The second kappa shape index (κ2) is 6.44. The van der Waals surface area contributed by atoms with E-state index < -0.39 is 5.97 Å². The van der Waals surface area contributed by atoms with Gasteiger partial charge in [0.05, 0.1) is 5.56 Å². The molecule has 0 bridgehead atoms. The number of fused-ring (bicyclic) bond motifs is 2. The van der Waals surface area contributed by atoms with E-state index >= 15 is 0 Å². The first-order chi connectivity index (χ1) is 12.7. The molecule has 0 fully saturated rings. The lowest BCUT2D eigenvalue weighted by Crippen LogP contribution is -2.22. The average Bonchev–Trinajstić information content (AvgIpc) is 2.68. The predicted octanol–water partition coefficient (Wildman–Crippen LogP) is 3.79. The third-order valence-corrected chi connectivity index (χ3v) is 4.38. The summed E-state index contributed by atoms with van der Waals surface area (Å²) in [7, 11) is 0.